The fourth-order valence-electron chi connectivity index (χ4n) is 3.65. The number of methoxy groups -OCH3 is 1. The van der Waals surface area contributed by atoms with E-state index in [1.54, 1.807) is 39.0 Å². The second-order valence-electron chi connectivity index (χ2n) is 9.32. The van der Waals surface area contributed by atoms with E-state index in [0.717, 1.165) is 5.56 Å². The van der Waals surface area contributed by atoms with Crippen molar-refractivity contribution in [2.75, 3.05) is 26.1 Å². The summed E-state index contributed by atoms with van der Waals surface area (Å²) < 4.78 is 15.6. The van der Waals surface area contributed by atoms with Crippen LogP contribution in [0.1, 0.15) is 31.9 Å². The number of allylic oxidation sites excluding steroid dienone is 1. The maximum Gasteiger partial charge on any atom is 0.343 e. The van der Waals surface area contributed by atoms with Crippen LogP contribution in [0, 0.1) is 5.92 Å². The van der Waals surface area contributed by atoms with Crippen LogP contribution in [0.5, 0.6) is 11.5 Å². The molecule has 0 saturated heterocycles. The van der Waals surface area contributed by atoms with Crippen LogP contribution < -0.4 is 20.1 Å². The molecule has 2 aromatic rings. The van der Waals surface area contributed by atoms with Crippen molar-refractivity contribution < 1.29 is 43.3 Å². The number of carbonyl (C=O) groups excluding carboxylic acids is 4. The Labute approximate surface area is 249 Å². The zero-order valence-electron chi connectivity index (χ0n) is 24.0. The van der Waals surface area contributed by atoms with Gasteiger partial charge in [0.1, 0.15) is 17.5 Å². The molecule has 0 aliphatic rings. The molecule has 0 spiro atoms. The average Bonchev–Trinajstić information content (AvgIpc) is 2.95. The molecular weight excluding hydrogens is 564 g/mol. The van der Waals surface area contributed by atoms with Crippen LogP contribution in [0.4, 0.5) is 0 Å². The molecule has 3 N–H and O–H groups in total. The maximum absolute atomic E-state index is 13.2. The largest absolute Gasteiger partial charge is 0.494 e. The molecule has 1 atom stereocenters. The first-order valence-corrected chi connectivity index (χ1v) is 14.3. The van der Waals surface area contributed by atoms with Crippen LogP contribution in [0.25, 0.3) is 0 Å². The molecule has 0 saturated carbocycles. The van der Waals surface area contributed by atoms with Crippen molar-refractivity contribution in [3.63, 3.8) is 0 Å². The van der Waals surface area contributed by atoms with Gasteiger partial charge in [0.25, 0.3) is 0 Å². The molecule has 42 heavy (non-hydrogen) atoms. The lowest BCUT2D eigenvalue weighted by Gasteiger charge is -2.22. The van der Waals surface area contributed by atoms with Crippen molar-refractivity contribution in [1.29, 1.82) is 0 Å². The molecule has 0 unspecified atom stereocenters. The summed E-state index contributed by atoms with van der Waals surface area (Å²) in [5, 5.41) is 14.3. The fraction of sp³-hybridized carbons (Fsp3) is 0.367. The number of carboxylic acid groups (broad SMARTS) is 1. The Bertz CT molecular complexity index is 1280. The number of amides is 2. The van der Waals surface area contributed by atoms with E-state index >= 15 is 0 Å². The van der Waals surface area contributed by atoms with E-state index in [1.165, 1.54) is 18.9 Å². The van der Waals surface area contributed by atoms with E-state index in [-0.39, 0.29) is 24.5 Å². The minimum Gasteiger partial charge on any atom is -0.494 e. The van der Waals surface area contributed by atoms with Gasteiger partial charge in [0.05, 0.1) is 37.7 Å². The SMILES string of the molecule is CCOc1ccc(OCC(=O)OC)cc1CC(=O)N[C@H](C(=O)NC(=CC(=O)O)C(=O)CSCc1ccccc1)C(C)C. The third kappa shape index (κ3) is 11.7. The van der Waals surface area contributed by atoms with Crippen molar-refractivity contribution in [3.05, 3.63) is 71.4 Å². The topological polar surface area (TPSA) is 157 Å². The summed E-state index contributed by atoms with van der Waals surface area (Å²) in [5.41, 5.74) is 1.08. The Morgan fingerprint density at radius 1 is 1.02 bits per heavy atom. The second kappa shape index (κ2) is 17.5. The molecule has 12 heteroatoms. The minimum absolute atomic E-state index is 0.0540. The van der Waals surface area contributed by atoms with Crippen molar-refractivity contribution in [2.45, 2.75) is 39.0 Å². The van der Waals surface area contributed by atoms with Gasteiger partial charge in [-0.2, -0.15) is 0 Å². The van der Waals surface area contributed by atoms with Gasteiger partial charge < -0.3 is 30.0 Å². The number of Topliss-reactive ketones (excluding diaryl/α,β-unsaturated/α-hetero) is 1. The van der Waals surface area contributed by atoms with Crippen molar-refractivity contribution in [3.8, 4) is 11.5 Å². The van der Waals surface area contributed by atoms with E-state index in [0.29, 0.717) is 35.5 Å². The lowest BCUT2D eigenvalue weighted by atomic mass is 10.0. The van der Waals surface area contributed by atoms with Gasteiger partial charge in [-0.3, -0.25) is 14.4 Å². The highest BCUT2D eigenvalue weighted by molar-refractivity contribution is 7.99. The molecule has 0 aromatic heterocycles. The van der Waals surface area contributed by atoms with Gasteiger partial charge in [-0.15, -0.1) is 11.8 Å². The monoisotopic (exact) mass is 600 g/mol. The molecule has 2 amide bonds. The lowest BCUT2D eigenvalue weighted by molar-refractivity contribution is -0.143. The normalized spacial score (nSPS) is 11.8. The predicted molar refractivity (Wildman–Crippen MR) is 157 cm³/mol. The Morgan fingerprint density at radius 3 is 2.36 bits per heavy atom. The Morgan fingerprint density at radius 2 is 1.74 bits per heavy atom. The zero-order chi connectivity index (χ0) is 31.1. The molecule has 2 rings (SSSR count). The van der Waals surface area contributed by atoms with Gasteiger partial charge in [0, 0.05) is 11.3 Å². The number of ether oxygens (including phenoxy) is 3. The van der Waals surface area contributed by atoms with Gasteiger partial charge in [0.15, 0.2) is 12.4 Å². The molecule has 0 bridgehead atoms. The van der Waals surface area contributed by atoms with Gasteiger partial charge in [0.2, 0.25) is 11.8 Å². The summed E-state index contributed by atoms with van der Waals surface area (Å²) in [4.78, 5) is 61.8. The molecule has 0 radical (unpaired) electrons. The van der Waals surface area contributed by atoms with Gasteiger partial charge in [-0.1, -0.05) is 44.2 Å². The number of hydrogen-bond acceptors (Lipinski definition) is 9. The molecule has 0 aliphatic heterocycles. The van der Waals surface area contributed by atoms with Crippen molar-refractivity contribution in [1.82, 2.24) is 10.6 Å². The van der Waals surface area contributed by atoms with E-state index in [2.05, 4.69) is 15.4 Å². The molecule has 2 aromatic carbocycles. The average molecular weight is 601 g/mol. The van der Waals surface area contributed by atoms with Crippen molar-refractivity contribution in [2.24, 2.45) is 5.92 Å². The van der Waals surface area contributed by atoms with Crippen LogP contribution in [0.3, 0.4) is 0 Å². The quantitative estimate of drug-likeness (QED) is 0.182. The molecule has 226 valence electrons. The molecule has 0 fully saturated rings. The number of thioether (sulfide) groups is 1. The van der Waals surface area contributed by atoms with E-state index in [4.69, 9.17) is 9.47 Å². The molecular formula is C30H36N2O9S. The summed E-state index contributed by atoms with van der Waals surface area (Å²) in [5.74, 6) is -2.96. The van der Waals surface area contributed by atoms with Crippen LogP contribution in [0.2, 0.25) is 0 Å². The number of esters is 1. The summed E-state index contributed by atoms with van der Waals surface area (Å²) in [6.45, 7) is 5.21. The number of aliphatic carboxylic acids is 1. The minimum atomic E-state index is -1.39. The smallest absolute Gasteiger partial charge is 0.343 e. The fourth-order valence-corrected chi connectivity index (χ4v) is 4.52. The van der Waals surface area contributed by atoms with Crippen LogP contribution >= 0.6 is 11.8 Å². The highest BCUT2D eigenvalue weighted by atomic mass is 32.2. The van der Waals surface area contributed by atoms with Gasteiger partial charge in [-0.25, -0.2) is 9.59 Å². The van der Waals surface area contributed by atoms with Gasteiger partial charge >= 0.3 is 11.9 Å². The van der Waals surface area contributed by atoms with Crippen LogP contribution in [0.15, 0.2) is 60.3 Å². The van der Waals surface area contributed by atoms with E-state index in [9.17, 15) is 29.1 Å². The first-order valence-electron chi connectivity index (χ1n) is 13.2. The first-order chi connectivity index (χ1) is 20.0. The van der Waals surface area contributed by atoms with Crippen LogP contribution in [-0.4, -0.2) is 66.8 Å². The number of nitrogens with one attached hydrogen (secondary N) is 2. The second-order valence-corrected chi connectivity index (χ2v) is 10.3. The van der Waals surface area contributed by atoms with Gasteiger partial charge in [-0.05, 0) is 36.6 Å². The highest BCUT2D eigenvalue weighted by Crippen LogP contribution is 2.25. The third-order valence-electron chi connectivity index (χ3n) is 5.70. The number of hydrogen-bond donors (Lipinski definition) is 3. The summed E-state index contributed by atoms with van der Waals surface area (Å²) in [6.07, 6.45) is 0.463. The molecule has 0 aliphatic carbocycles. The highest BCUT2D eigenvalue weighted by Gasteiger charge is 2.27. The molecule has 0 heterocycles. The summed E-state index contributed by atoms with van der Waals surface area (Å²) in [7, 11) is 1.24. The van der Waals surface area contributed by atoms with E-state index < -0.39 is 41.5 Å². The standard InChI is InChI=1S/C30H36N2O9S/c1-5-40-25-12-11-22(41-16-28(37)39-4)13-21(25)14-26(34)32-29(19(2)3)30(38)31-23(15-27(35)36)24(33)18-42-17-20-9-7-6-8-10-20/h6-13,15,19,29H,5,14,16-18H2,1-4H3,(H,31,38)(H,32,34)(H,35,36)/t29-/m0/s1. The maximum atomic E-state index is 13.2. The zero-order valence-corrected chi connectivity index (χ0v) is 24.8. The third-order valence-corrected chi connectivity index (χ3v) is 6.71. The number of benzene rings is 2. The predicted octanol–water partition coefficient (Wildman–Crippen LogP) is 2.91. The number of ketones is 1. The summed E-state index contributed by atoms with van der Waals surface area (Å²) >= 11 is 1.28. The number of carboxylic acids is 1. The lowest BCUT2D eigenvalue weighted by Crippen LogP contribution is -2.50. The number of carbonyl (C=O) groups is 5. The Hall–Kier alpha value is -4.32. The Balaban J connectivity index is 2.10. The Kier molecular flexibility index (Phi) is 14.1. The van der Waals surface area contributed by atoms with Crippen molar-refractivity contribution >= 4 is 41.3 Å². The molecule has 11 nitrogen and oxygen atoms in total. The number of rotatable bonds is 17. The summed E-state index contributed by atoms with van der Waals surface area (Å²) in [6, 6.07) is 13.1. The van der Waals surface area contributed by atoms with E-state index in [1.807, 2.05) is 30.3 Å². The first kappa shape index (κ1) is 33.9. The van der Waals surface area contributed by atoms with Crippen LogP contribution in [-0.2, 0) is 40.9 Å².